The molecule has 0 amide bonds. The average Bonchev–Trinajstić information content (AvgIpc) is 2.60. The predicted molar refractivity (Wildman–Crippen MR) is 91.6 cm³/mol. The number of fused-ring (bicyclic) bond motifs is 5. The van der Waals surface area contributed by atoms with E-state index < -0.39 is 0 Å². The summed E-state index contributed by atoms with van der Waals surface area (Å²) in [6.45, 7) is 0. The van der Waals surface area contributed by atoms with Crippen LogP contribution < -0.4 is 9.47 Å². The molecule has 0 saturated carbocycles. The quantitative estimate of drug-likeness (QED) is 0.766. The second kappa shape index (κ2) is 5.20. The standard InChI is InChI=1S/C20H18O3/c1-22-18-10-13-9-17(21)20-14-6-4-3-5-12(14)7-8-15(20)16(13)11-19(18)23-2/h3-6,9-11,21H,7-8H2,1-2H3. The van der Waals surface area contributed by atoms with E-state index in [0.29, 0.717) is 17.2 Å². The van der Waals surface area contributed by atoms with Crippen LogP contribution in [0.4, 0.5) is 0 Å². The molecule has 3 heteroatoms. The van der Waals surface area contributed by atoms with Crippen LogP contribution in [0.15, 0.2) is 42.5 Å². The summed E-state index contributed by atoms with van der Waals surface area (Å²) in [5.74, 6) is 1.72. The maximum Gasteiger partial charge on any atom is 0.161 e. The lowest BCUT2D eigenvalue weighted by atomic mass is 9.82. The molecule has 0 fully saturated rings. The lowest BCUT2D eigenvalue weighted by molar-refractivity contribution is 0.356. The van der Waals surface area contributed by atoms with E-state index in [9.17, 15) is 5.11 Å². The zero-order chi connectivity index (χ0) is 16.0. The van der Waals surface area contributed by atoms with Crippen molar-refractivity contribution in [2.24, 2.45) is 0 Å². The van der Waals surface area contributed by atoms with Gasteiger partial charge >= 0.3 is 0 Å². The van der Waals surface area contributed by atoms with Crippen molar-refractivity contribution in [2.75, 3.05) is 14.2 Å². The van der Waals surface area contributed by atoms with Gasteiger partial charge in [0.15, 0.2) is 11.5 Å². The van der Waals surface area contributed by atoms with E-state index in [1.54, 1.807) is 14.2 Å². The first-order chi connectivity index (χ1) is 11.2. The molecular weight excluding hydrogens is 288 g/mol. The van der Waals surface area contributed by atoms with Crippen molar-refractivity contribution in [3.05, 3.63) is 53.6 Å². The number of phenolic OH excluding ortho intramolecular Hbond substituents is 1. The van der Waals surface area contributed by atoms with E-state index in [4.69, 9.17) is 9.47 Å². The molecule has 4 rings (SSSR count). The summed E-state index contributed by atoms with van der Waals surface area (Å²) >= 11 is 0. The van der Waals surface area contributed by atoms with Crippen LogP contribution in [0.25, 0.3) is 21.9 Å². The number of aryl methyl sites for hydroxylation is 2. The van der Waals surface area contributed by atoms with Crippen LogP contribution in [0.3, 0.4) is 0 Å². The molecule has 0 heterocycles. The fourth-order valence-corrected chi connectivity index (χ4v) is 3.59. The van der Waals surface area contributed by atoms with Gasteiger partial charge < -0.3 is 14.6 Å². The Morgan fingerprint density at radius 1 is 0.913 bits per heavy atom. The van der Waals surface area contributed by atoms with Gasteiger partial charge in [0.05, 0.1) is 14.2 Å². The second-order valence-corrected chi connectivity index (χ2v) is 5.83. The van der Waals surface area contributed by atoms with Crippen molar-refractivity contribution in [2.45, 2.75) is 12.8 Å². The van der Waals surface area contributed by atoms with Gasteiger partial charge in [-0.3, -0.25) is 0 Å². The van der Waals surface area contributed by atoms with E-state index in [1.807, 2.05) is 24.3 Å². The molecule has 0 unspecified atom stereocenters. The molecule has 0 aromatic heterocycles. The zero-order valence-electron chi connectivity index (χ0n) is 13.2. The fourth-order valence-electron chi connectivity index (χ4n) is 3.59. The molecule has 3 aromatic rings. The van der Waals surface area contributed by atoms with E-state index in [1.165, 1.54) is 11.1 Å². The maximum absolute atomic E-state index is 10.6. The summed E-state index contributed by atoms with van der Waals surface area (Å²) in [4.78, 5) is 0. The molecule has 0 bridgehead atoms. The highest BCUT2D eigenvalue weighted by atomic mass is 16.5. The van der Waals surface area contributed by atoms with Crippen LogP contribution in [-0.4, -0.2) is 19.3 Å². The van der Waals surface area contributed by atoms with E-state index in [2.05, 4.69) is 18.2 Å². The number of hydrogen-bond acceptors (Lipinski definition) is 3. The normalized spacial score (nSPS) is 12.6. The minimum absolute atomic E-state index is 0.326. The molecule has 0 spiro atoms. The van der Waals surface area contributed by atoms with Gasteiger partial charge in [-0.15, -0.1) is 0 Å². The highest BCUT2D eigenvalue weighted by Crippen LogP contribution is 2.45. The van der Waals surface area contributed by atoms with Crippen LogP contribution in [-0.2, 0) is 12.8 Å². The van der Waals surface area contributed by atoms with Crippen molar-refractivity contribution >= 4 is 10.8 Å². The Balaban J connectivity index is 2.07. The summed E-state index contributed by atoms with van der Waals surface area (Å²) in [5.41, 5.74) is 4.55. The summed E-state index contributed by atoms with van der Waals surface area (Å²) in [7, 11) is 3.27. The largest absolute Gasteiger partial charge is 0.507 e. The Kier molecular flexibility index (Phi) is 3.15. The fraction of sp³-hybridized carbons (Fsp3) is 0.200. The van der Waals surface area contributed by atoms with E-state index >= 15 is 0 Å². The van der Waals surface area contributed by atoms with Crippen molar-refractivity contribution < 1.29 is 14.6 Å². The minimum atomic E-state index is 0.326. The second-order valence-electron chi connectivity index (χ2n) is 5.83. The summed E-state index contributed by atoms with van der Waals surface area (Å²) in [6.07, 6.45) is 1.89. The molecule has 0 aliphatic heterocycles. The summed E-state index contributed by atoms with van der Waals surface area (Å²) in [6, 6.07) is 14.0. The molecule has 1 N–H and O–H groups in total. The van der Waals surface area contributed by atoms with E-state index in [-0.39, 0.29) is 0 Å². The SMILES string of the molecule is COc1cc2cc(O)c3c(c2cc1OC)CCc1ccccc1-3. The third kappa shape index (κ3) is 2.04. The van der Waals surface area contributed by atoms with Crippen LogP contribution >= 0.6 is 0 Å². The molecule has 1 aliphatic carbocycles. The Bertz CT molecular complexity index is 912. The highest BCUT2D eigenvalue weighted by Gasteiger charge is 2.22. The van der Waals surface area contributed by atoms with Crippen LogP contribution in [0.5, 0.6) is 17.2 Å². The molecule has 0 radical (unpaired) electrons. The van der Waals surface area contributed by atoms with Gasteiger partial charge in [-0.1, -0.05) is 24.3 Å². The van der Waals surface area contributed by atoms with Crippen LogP contribution in [0.2, 0.25) is 0 Å². The molecular formula is C20H18O3. The molecule has 3 nitrogen and oxygen atoms in total. The van der Waals surface area contributed by atoms with Gasteiger partial charge in [0.2, 0.25) is 0 Å². The predicted octanol–water partition coefficient (Wildman–Crippen LogP) is 4.33. The first-order valence-corrected chi connectivity index (χ1v) is 7.71. The monoisotopic (exact) mass is 306 g/mol. The topological polar surface area (TPSA) is 38.7 Å². The molecule has 0 saturated heterocycles. The van der Waals surface area contributed by atoms with Gasteiger partial charge in [0, 0.05) is 5.56 Å². The number of ether oxygens (including phenoxy) is 2. The van der Waals surface area contributed by atoms with Gasteiger partial charge in [-0.05, 0) is 58.5 Å². The van der Waals surface area contributed by atoms with Gasteiger partial charge in [0.25, 0.3) is 0 Å². The van der Waals surface area contributed by atoms with Crippen LogP contribution in [0, 0.1) is 0 Å². The van der Waals surface area contributed by atoms with Gasteiger partial charge in [-0.25, -0.2) is 0 Å². The molecule has 116 valence electrons. The first-order valence-electron chi connectivity index (χ1n) is 7.71. The molecule has 1 aliphatic rings. The number of rotatable bonds is 2. The van der Waals surface area contributed by atoms with E-state index in [0.717, 1.165) is 34.7 Å². The van der Waals surface area contributed by atoms with Crippen molar-refractivity contribution in [3.8, 4) is 28.4 Å². The maximum atomic E-state index is 10.6. The Hall–Kier alpha value is -2.68. The third-order valence-corrected chi connectivity index (χ3v) is 4.66. The number of aromatic hydroxyl groups is 1. The molecule has 23 heavy (non-hydrogen) atoms. The average molecular weight is 306 g/mol. The number of phenols is 1. The van der Waals surface area contributed by atoms with Gasteiger partial charge in [-0.2, -0.15) is 0 Å². The Labute approximate surface area is 135 Å². The first kappa shape index (κ1) is 13.9. The minimum Gasteiger partial charge on any atom is -0.507 e. The smallest absolute Gasteiger partial charge is 0.161 e. The van der Waals surface area contributed by atoms with Crippen molar-refractivity contribution in [1.82, 2.24) is 0 Å². The third-order valence-electron chi connectivity index (χ3n) is 4.66. The van der Waals surface area contributed by atoms with Crippen LogP contribution in [0.1, 0.15) is 11.1 Å². The lowest BCUT2D eigenvalue weighted by Crippen LogP contribution is -2.05. The Morgan fingerprint density at radius 3 is 2.43 bits per heavy atom. The number of methoxy groups -OCH3 is 2. The number of benzene rings is 3. The number of hydrogen-bond donors (Lipinski definition) is 1. The zero-order valence-corrected chi connectivity index (χ0v) is 13.2. The molecule has 0 atom stereocenters. The van der Waals surface area contributed by atoms with Crippen molar-refractivity contribution in [1.29, 1.82) is 0 Å². The summed E-state index contributed by atoms with van der Waals surface area (Å²) in [5, 5.41) is 12.7. The molecule has 3 aromatic carbocycles. The highest BCUT2D eigenvalue weighted by molar-refractivity contribution is 5.98. The van der Waals surface area contributed by atoms with Crippen molar-refractivity contribution in [3.63, 3.8) is 0 Å². The van der Waals surface area contributed by atoms with Gasteiger partial charge in [0.1, 0.15) is 5.75 Å². The Morgan fingerprint density at radius 2 is 1.65 bits per heavy atom. The lowest BCUT2D eigenvalue weighted by Gasteiger charge is -2.23. The summed E-state index contributed by atoms with van der Waals surface area (Å²) < 4.78 is 10.8.